The molecule has 3 aliphatic rings. The molecular formula is C31H39ClFN5O5. The van der Waals surface area contributed by atoms with Gasteiger partial charge in [-0.15, -0.1) is 11.6 Å². The minimum atomic E-state index is -1.00. The fourth-order valence-corrected chi connectivity index (χ4v) is 7.04. The Morgan fingerprint density at radius 1 is 1.19 bits per heavy atom. The molecular weight excluding hydrogens is 577 g/mol. The van der Waals surface area contributed by atoms with Crippen molar-refractivity contribution >= 4 is 51.9 Å². The quantitative estimate of drug-likeness (QED) is 0.321. The first-order valence-corrected chi connectivity index (χ1v) is 15.2. The number of hydrogen-bond donors (Lipinski definition) is 4. The largest absolute Gasteiger partial charge is 0.356 e. The van der Waals surface area contributed by atoms with Gasteiger partial charge < -0.3 is 25.8 Å². The van der Waals surface area contributed by atoms with E-state index in [1.54, 1.807) is 6.07 Å². The summed E-state index contributed by atoms with van der Waals surface area (Å²) in [6.45, 7) is 10.4. The van der Waals surface area contributed by atoms with Crippen molar-refractivity contribution in [2.24, 2.45) is 28.6 Å². The van der Waals surface area contributed by atoms with Gasteiger partial charge in [-0.25, -0.2) is 4.39 Å². The average Bonchev–Trinajstić information content (AvgIpc) is 3.46. The number of carbonyl (C=O) groups excluding carboxylic acids is 5. The molecule has 2 aromatic rings. The number of aromatic amines is 1. The zero-order valence-corrected chi connectivity index (χ0v) is 25.8. The van der Waals surface area contributed by atoms with Gasteiger partial charge in [0.25, 0.3) is 5.91 Å². The van der Waals surface area contributed by atoms with Crippen LogP contribution in [0, 0.1) is 34.4 Å². The van der Waals surface area contributed by atoms with E-state index in [4.69, 9.17) is 11.6 Å². The van der Waals surface area contributed by atoms with E-state index >= 15 is 0 Å². The van der Waals surface area contributed by atoms with Gasteiger partial charge in [-0.2, -0.15) is 0 Å². The number of halogens is 2. The van der Waals surface area contributed by atoms with E-state index in [1.807, 2.05) is 34.6 Å². The second-order valence-electron chi connectivity index (χ2n) is 13.7. The van der Waals surface area contributed by atoms with E-state index in [1.165, 1.54) is 23.1 Å². The monoisotopic (exact) mass is 615 g/mol. The minimum absolute atomic E-state index is 0.0722. The standard InChI is InChI=1S/C31H39ClFN5O5/c1-30(2,3)25(37-27(41)21-12-16-18(33)7-6-8-19(16)35-21)29(43)38-14-17-23(31(17,4)5)24(38)28(42)36-20(22(39)13-32)11-15-9-10-34-26(15)40/h6-8,12,15,17,20,23-25,35H,9-11,13-14H2,1-5H3,(H,34,40)(H,36,42)(H,37,41)/t15-,17-,20-,23-,24-,25+/m0/s1. The molecule has 0 unspecified atom stereocenters. The zero-order valence-electron chi connectivity index (χ0n) is 25.1. The van der Waals surface area contributed by atoms with E-state index in [2.05, 4.69) is 20.9 Å². The third-order valence-corrected chi connectivity index (χ3v) is 9.79. The van der Waals surface area contributed by atoms with Crippen molar-refractivity contribution < 1.29 is 28.4 Å². The molecule has 10 nitrogen and oxygen atoms in total. The second kappa shape index (κ2) is 11.2. The molecule has 43 heavy (non-hydrogen) atoms. The van der Waals surface area contributed by atoms with Gasteiger partial charge in [-0.05, 0) is 53.7 Å². The molecule has 0 spiro atoms. The Morgan fingerprint density at radius 3 is 2.51 bits per heavy atom. The number of ketones is 1. The van der Waals surface area contributed by atoms with Gasteiger partial charge in [0.05, 0.1) is 11.9 Å². The van der Waals surface area contributed by atoms with Gasteiger partial charge >= 0.3 is 0 Å². The highest BCUT2D eigenvalue weighted by Gasteiger charge is 2.70. The number of likely N-dealkylation sites (tertiary alicyclic amines) is 1. The molecule has 232 valence electrons. The number of nitrogens with one attached hydrogen (secondary N) is 4. The zero-order chi connectivity index (χ0) is 31.4. The number of fused-ring (bicyclic) bond motifs is 2. The molecule has 3 heterocycles. The smallest absolute Gasteiger partial charge is 0.268 e. The third-order valence-electron chi connectivity index (χ3n) is 9.52. The van der Waals surface area contributed by atoms with Crippen LogP contribution >= 0.6 is 11.6 Å². The molecule has 6 atom stereocenters. The van der Waals surface area contributed by atoms with Gasteiger partial charge in [-0.1, -0.05) is 40.7 Å². The number of piperidine rings is 1. The van der Waals surface area contributed by atoms with Crippen molar-refractivity contribution in [1.82, 2.24) is 25.8 Å². The van der Waals surface area contributed by atoms with Crippen molar-refractivity contribution in [2.75, 3.05) is 19.0 Å². The first-order valence-electron chi connectivity index (χ1n) is 14.7. The van der Waals surface area contributed by atoms with Crippen LogP contribution in [-0.4, -0.2) is 76.4 Å². The number of hydrogen-bond acceptors (Lipinski definition) is 5. The molecule has 2 aliphatic heterocycles. The number of amides is 4. The Balaban J connectivity index is 1.38. The fourth-order valence-electron chi connectivity index (χ4n) is 6.85. The Hall–Kier alpha value is -3.47. The van der Waals surface area contributed by atoms with Crippen LogP contribution in [0.4, 0.5) is 4.39 Å². The molecule has 4 amide bonds. The van der Waals surface area contributed by atoms with E-state index < -0.39 is 58.8 Å². The summed E-state index contributed by atoms with van der Waals surface area (Å²) in [7, 11) is 0. The Bertz CT molecular complexity index is 1480. The van der Waals surface area contributed by atoms with Crippen LogP contribution in [0.15, 0.2) is 24.3 Å². The highest BCUT2D eigenvalue weighted by atomic mass is 35.5. The van der Waals surface area contributed by atoms with Crippen LogP contribution in [-0.2, 0) is 19.2 Å². The lowest BCUT2D eigenvalue weighted by Gasteiger charge is -2.38. The van der Waals surface area contributed by atoms with Gasteiger partial charge in [-0.3, -0.25) is 24.0 Å². The highest BCUT2D eigenvalue weighted by Crippen LogP contribution is 2.65. The Labute approximate surface area is 254 Å². The lowest BCUT2D eigenvalue weighted by molar-refractivity contribution is -0.144. The molecule has 1 aromatic heterocycles. The molecule has 1 aliphatic carbocycles. The molecule has 1 aromatic carbocycles. The van der Waals surface area contributed by atoms with Crippen LogP contribution in [0.5, 0.6) is 0 Å². The lowest BCUT2D eigenvalue weighted by atomic mass is 9.85. The minimum Gasteiger partial charge on any atom is -0.356 e. The van der Waals surface area contributed by atoms with E-state index in [9.17, 15) is 28.4 Å². The number of alkyl halides is 1. The molecule has 2 saturated heterocycles. The van der Waals surface area contributed by atoms with Crippen molar-refractivity contribution in [2.45, 2.75) is 65.6 Å². The van der Waals surface area contributed by atoms with Crippen LogP contribution in [0.25, 0.3) is 10.9 Å². The maximum atomic E-state index is 14.3. The number of Topliss-reactive ketones (excluding diaryl/α,β-unsaturated/α-hetero) is 1. The van der Waals surface area contributed by atoms with Crippen LogP contribution < -0.4 is 16.0 Å². The predicted octanol–water partition coefficient (Wildman–Crippen LogP) is 2.75. The van der Waals surface area contributed by atoms with Gasteiger partial charge in [0.15, 0.2) is 5.78 Å². The summed E-state index contributed by atoms with van der Waals surface area (Å²) >= 11 is 5.87. The number of benzene rings is 1. The maximum absolute atomic E-state index is 14.3. The van der Waals surface area contributed by atoms with Gasteiger partial charge in [0, 0.05) is 29.9 Å². The summed E-state index contributed by atoms with van der Waals surface area (Å²) in [5.74, 6) is -3.28. The normalized spacial score (nSPS) is 25.6. The number of nitrogens with zero attached hydrogens (tertiary/aromatic N) is 1. The first kappa shape index (κ1) is 31.0. The first-order chi connectivity index (χ1) is 20.1. The maximum Gasteiger partial charge on any atom is 0.268 e. The third kappa shape index (κ3) is 5.75. The van der Waals surface area contributed by atoms with Crippen molar-refractivity contribution in [3.63, 3.8) is 0 Å². The fraction of sp³-hybridized carbons (Fsp3) is 0.581. The molecule has 1 saturated carbocycles. The van der Waals surface area contributed by atoms with Crippen LogP contribution in [0.1, 0.15) is 57.9 Å². The van der Waals surface area contributed by atoms with Gasteiger partial charge in [0.2, 0.25) is 17.7 Å². The highest BCUT2D eigenvalue weighted by molar-refractivity contribution is 6.28. The summed E-state index contributed by atoms with van der Waals surface area (Å²) in [6.07, 6.45) is 0.690. The summed E-state index contributed by atoms with van der Waals surface area (Å²) in [4.78, 5) is 70.8. The summed E-state index contributed by atoms with van der Waals surface area (Å²) in [5.41, 5.74) is -0.357. The van der Waals surface area contributed by atoms with Crippen molar-refractivity contribution in [1.29, 1.82) is 0 Å². The van der Waals surface area contributed by atoms with Crippen molar-refractivity contribution in [3.05, 3.63) is 35.8 Å². The molecule has 0 bridgehead atoms. The molecule has 5 rings (SSSR count). The lowest BCUT2D eigenvalue weighted by Crippen LogP contribution is -2.60. The molecule has 4 N–H and O–H groups in total. The topological polar surface area (TPSA) is 140 Å². The Kier molecular flexibility index (Phi) is 8.09. The van der Waals surface area contributed by atoms with E-state index in [-0.39, 0.29) is 46.5 Å². The average molecular weight is 616 g/mol. The molecule has 12 heteroatoms. The molecule has 3 fully saturated rings. The summed E-state index contributed by atoms with van der Waals surface area (Å²) in [6, 6.07) is 3.08. The van der Waals surface area contributed by atoms with Crippen LogP contribution in [0.2, 0.25) is 0 Å². The summed E-state index contributed by atoms with van der Waals surface area (Å²) < 4.78 is 14.3. The van der Waals surface area contributed by atoms with E-state index in [0.717, 1.165) is 0 Å². The Morgan fingerprint density at radius 2 is 1.91 bits per heavy atom. The molecule has 0 radical (unpaired) electrons. The van der Waals surface area contributed by atoms with Crippen molar-refractivity contribution in [3.8, 4) is 0 Å². The second-order valence-corrected chi connectivity index (χ2v) is 14.0. The number of aromatic nitrogens is 1. The predicted molar refractivity (Wildman–Crippen MR) is 159 cm³/mol. The SMILES string of the molecule is CC(C)(C)[C@H](NC(=O)c1cc2c(F)cccc2[nH]1)C(=O)N1C[C@H]2[C@@H]([C@H]1C(=O)N[C@@H](C[C@@H]1CCNC1=O)C(=O)CCl)C2(C)C. The number of H-pyrrole nitrogens is 1. The number of carbonyl (C=O) groups is 5. The van der Waals surface area contributed by atoms with E-state index in [0.29, 0.717) is 25.0 Å². The number of rotatable bonds is 9. The summed E-state index contributed by atoms with van der Waals surface area (Å²) in [5, 5.41) is 8.67. The van der Waals surface area contributed by atoms with Gasteiger partial charge in [0.1, 0.15) is 23.6 Å². The van der Waals surface area contributed by atoms with Crippen LogP contribution in [0.3, 0.4) is 0 Å².